The molecular formula is C21H21F3N2O4. The number of piperazine rings is 1. The summed E-state index contributed by atoms with van der Waals surface area (Å²) in [6, 6.07) is 8.25. The first-order valence-electron chi connectivity index (χ1n) is 9.19. The average Bonchev–Trinajstić information content (AvgIpc) is 2.74. The number of carbonyl (C=O) groups excluding carboxylic acids is 2. The molecule has 0 spiro atoms. The van der Waals surface area contributed by atoms with Crippen molar-refractivity contribution in [3.63, 3.8) is 0 Å². The van der Waals surface area contributed by atoms with Gasteiger partial charge in [-0.25, -0.2) is 0 Å². The Bertz CT molecular complexity index is 944. The number of ether oxygens (including phenoxy) is 2. The van der Waals surface area contributed by atoms with Gasteiger partial charge < -0.3 is 19.3 Å². The Hall–Kier alpha value is -3.23. The van der Waals surface area contributed by atoms with E-state index in [4.69, 9.17) is 9.47 Å². The Morgan fingerprint density at radius 3 is 2.27 bits per heavy atom. The minimum absolute atomic E-state index is 0.0955. The van der Waals surface area contributed by atoms with Crippen molar-refractivity contribution >= 4 is 17.5 Å². The molecule has 0 aromatic heterocycles. The van der Waals surface area contributed by atoms with E-state index < -0.39 is 23.7 Å². The van der Waals surface area contributed by atoms with Crippen LogP contribution in [0.25, 0.3) is 0 Å². The molecule has 0 saturated carbocycles. The van der Waals surface area contributed by atoms with E-state index >= 15 is 0 Å². The lowest BCUT2D eigenvalue weighted by Gasteiger charge is -2.39. The van der Waals surface area contributed by atoms with Crippen molar-refractivity contribution in [3.8, 4) is 11.5 Å². The summed E-state index contributed by atoms with van der Waals surface area (Å²) in [7, 11) is 3.00. The van der Waals surface area contributed by atoms with Gasteiger partial charge >= 0.3 is 6.18 Å². The highest BCUT2D eigenvalue weighted by Gasteiger charge is 2.37. The van der Waals surface area contributed by atoms with Crippen LogP contribution in [0.1, 0.15) is 22.8 Å². The summed E-state index contributed by atoms with van der Waals surface area (Å²) in [5.74, 6) is 0.223. The molecule has 1 saturated heterocycles. The molecule has 0 aliphatic carbocycles. The molecule has 0 radical (unpaired) electrons. The van der Waals surface area contributed by atoms with Crippen LogP contribution in [-0.2, 0) is 11.0 Å². The topological polar surface area (TPSA) is 59.1 Å². The Morgan fingerprint density at radius 1 is 1.03 bits per heavy atom. The van der Waals surface area contributed by atoms with E-state index in [-0.39, 0.29) is 24.6 Å². The Balaban J connectivity index is 1.80. The molecule has 2 amide bonds. The number of halogens is 3. The molecule has 0 bridgehead atoms. The lowest BCUT2D eigenvalue weighted by Crippen LogP contribution is -2.57. The second-order valence-corrected chi connectivity index (χ2v) is 6.78. The first-order valence-corrected chi connectivity index (χ1v) is 9.19. The summed E-state index contributed by atoms with van der Waals surface area (Å²) in [5, 5.41) is 0. The van der Waals surface area contributed by atoms with E-state index in [1.165, 1.54) is 24.0 Å². The van der Waals surface area contributed by atoms with E-state index in [2.05, 4.69) is 0 Å². The first kappa shape index (κ1) is 21.5. The number of anilines is 1. The molecule has 6 nitrogen and oxygen atoms in total. The van der Waals surface area contributed by atoms with Crippen molar-refractivity contribution in [2.75, 3.05) is 32.2 Å². The SMILES string of the molecule is COc1ccc(N2CCN(C(=O)c3ccc(C(F)(F)F)cc3)C(C)C2=O)c(OC)c1. The predicted molar refractivity (Wildman–Crippen MR) is 104 cm³/mol. The molecule has 1 aliphatic heterocycles. The van der Waals surface area contributed by atoms with E-state index in [1.807, 2.05) is 0 Å². The Morgan fingerprint density at radius 2 is 1.70 bits per heavy atom. The zero-order valence-electron chi connectivity index (χ0n) is 16.7. The fraction of sp³-hybridized carbons (Fsp3) is 0.333. The van der Waals surface area contributed by atoms with Gasteiger partial charge in [-0.3, -0.25) is 9.59 Å². The van der Waals surface area contributed by atoms with E-state index in [1.54, 1.807) is 25.1 Å². The predicted octanol–water partition coefficient (Wildman–Crippen LogP) is 3.60. The van der Waals surface area contributed by atoms with Crippen LogP contribution >= 0.6 is 0 Å². The molecule has 1 unspecified atom stereocenters. The number of nitrogens with zero attached hydrogens (tertiary/aromatic N) is 2. The molecular weight excluding hydrogens is 401 g/mol. The number of rotatable bonds is 4. The molecule has 3 rings (SSSR count). The minimum Gasteiger partial charge on any atom is -0.497 e. The van der Waals surface area contributed by atoms with E-state index in [9.17, 15) is 22.8 Å². The maximum atomic E-state index is 13.0. The normalized spacial score (nSPS) is 17.1. The van der Waals surface area contributed by atoms with Gasteiger partial charge in [0.15, 0.2) is 0 Å². The van der Waals surface area contributed by atoms with Gasteiger partial charge in [-0.1, -0.05) is 0 Å². The third-order valence-electron chi connectivity index (χ3n) is 5.05. The van der Waals surface area contributed by atoms with Crippen LogP contribution in [0, 0.1) is 0 Å². The van der Waals surface area contributed by atoms with Crippen molar-refractivity contribution in [3.05, 3.63) is 53.6 Å². The van der Waals surface area contributed by atoms with Crippen molar-refractivity contribution in [1.29, 1.82) is 0 Å². The smallest absolute Gasteiger partial charge is 0.416 e. The van der Waals surface area contributed by atoms with Crippen LogP contribution in [0.2, 0.25) is 0 Å². The number of hydrogen-bond donors (Lipinski definition) is 0. The summed E-state index contributed by atoms with van der Waals surface area (Å²) in [6.07, 6.45) is -4.48. The summed E-state index contributed by atoms with van der Waals surface area (Å²) >= 11 is 0. The van der Waals surface area contributed by atoms with Crippen molar-refractivity contribution in [2.24, 2.45) is 0 Å². The average molecular weight is 422 g/mol. The molecule has 2 aromatic rings. The van der Waals surface area contributed by atoms with Crippen molar-refractivity contribution < 1.29 is 32.2 Å². The summed E-state index contributed by atoms with van der Waals surface area (Å²) in [6.45, 7) is 2.03. The molecule has 1 aliphatic rings. The summed E-state index contributed by atoms with van der Waals surface area (Å²) in [4.78, 5) is 28.7. The largest absolute Gasteiger partial charge is 0.497 e. The monoisotopic (exact) mass is 422 g/mol. The highest BCUT2D eigenvalue weighted by molar-refractivity contribution is 6.04. The fourth-order valence-electron chi connectivity index (χ4n) is 3.36. The van der Waals surface area contributed by atoms with Gasteiger partial charge in [0.05, 0.1) is 25.5 Å². The molecule has 0 N–H and O–H groups in total. The number of hydrogen-bond acceptors (Lipinski definition) is 4. The zero-order chi connectivity index (χ0) is 22.1. The minimum atomic E-state index is -4.48. The summed E-state index contributed by atoms with van der Waals surface area (Å²) in [5.41, 5.74) is -0.186. The van der Waals surface area contributed by atoms with Gasteiger partial charge in [0.2, 0.25) is 5.91 Å². The number of amides is 2. The third-order valence-corrected chi connectivity index (χ3v) is 5.05. The highest BCUT2D eigenvalue weighted by atomic mass is 19.4. The number of carbonyl (C=O) groups is 2. The summed E-state index contributed by atoms with van der Waals surface area (Å²) < 4.78 is 48.7. The van der Waals surface area contributed by atoms with Gasteiger partial charge in [0, 0.05) is 24.7 Å². The molecule has 1 fully saturated rings. The van der Waals surface area contributed by atoms with Crippen LogP contribution in [0.4, 0.5) is 18.9 Å². The van der Waals surface area contributed by atoms with Gasteiger partial charge in [-0.2, -0.15) is 13.2 Å². The van der Waals surface area contributed by atoms with Gasteiger partial charge in [0.25, 0.3) is 5.91 Å². The fourth-order valence-corrected chi connectivity index (χ4v) is 3.36. The van der Waals surface area contributed by atoms with E-state index in [0.717, 1.165) is 24.3 Å². The van der Waals surface area contributed by atoms with Gasteiger partial charge in [0.1, 0.15) is 17.5 Å². The van der Waals surface area contributed by atoms with Crippen LogP contribution in [-0.4, -0.2) is 50.1 Å². The molecule has 30 heavy (non-hydrogen) atoms. The molecule has 2 aromatic carbocycles. The standard InChI is InChI=1S/C21H21F3N2O4/c1-13-19(27)26(17-9-8-16(29-2)12-18(17)30-3)11-10-25(13)20(28)14-4-6-15(7-5-14)21(22,23)24/h4-9,12-13H,10-11H2,1-3H3. The number of alkyl halides is 3. The second kappa shape index (κ2) is 8.25. The molecule has 9 heteroatoms. The van der Waals surface area contributed by atoms with Gasteiger partial charge in [-0.15, -0.1) is 0 Å². The van der Waals surface area contributed by atoms with Crippen LogP contribution in [0.5, 0.6) is 11.5 Å². The van der Waals surface area contributed by atoms with Crippen LogP contribution in [0.15, 0.2) is 42.5 Å². The Labute approximate surface area is 171 Å². The second-order valence-electron chi connectivity index (χ2n) is 6.78. The van der Waals surface area contributed by atoms with Crippen LogP contribution in [0.3, 0.4) is 0 Å². The number of benzene rings is 2. The number of methoxy groups -OCH3 is 2. The molecule has 1 atom stereocenters. The van der Waals surface area contributed by atoms with Crippen LogP contribution < -0.4 is 14.4 Å². The van der Waals surface area contributed by atoms with Crippen molar-refractivity contribution in [1.82, 2.24) is 4.90 Å². The maximum Gasteiger partial charge on any atom is 0.416 e. The van der Waals surface area contributed by atoms with Crippen molar-refractivity contribution in [2.45, 2.75) is 19.1 Å². The maximum absolute atomic E-state index is 13.0. The first-order chi connectivity index (χ1) is 14.2. The van der Waals surface area contributed by atoms with Gasteiger partial charge in [-0.05, 0) is 43.3 Å². The highest BCUT2D eigenvalue weighted by Crippen LogP contribution is 2.34. The quantitative estimate of drug-likeness (QED) is 0.756. The lowest BCUT2D eigenvalue weighted by atomic mass is 10.1. The van der Waals surface area contributed by atoms with E-state index in [0.29, 0.717) is 17.2 Å². The Kier molecular flexibility index (Phi) is 5.91. The third kappa shape index (κ3) is 4.05. The molecule has 1 heterocycles. The lowest BCUT2D eigenvalue weighted by molar-refractivity contribution is -0.137. The zero-order valence-corrected chi connectivity index (χ0v) is 16.7. The molecule has 160 valence electrons.